The number of hydrogen-bond donors (Lipinski definition) is 1. The van der Waals surface area contributed by atoms with Crippen LogP contribution in [-0.2, 0) is 0 Å². The molecule has 1 nitrogen and oxygen atoms in total. The van der Waals surface area contributed by atoms with Gasteiger partial charge in [0.25, 0.3) is 0 Å². The highest BCUT2D eigenvalue weighted by Crippen LogP contribution is 2.11. The molecule has 0 radical (unpaired) electrons. The average molecular weight is 243 g/mol. The summed E-state index contributed by atoms with van der Waals surface area (Å²) in [5, 5.41) is 3.28. The fraction of sp³-hybridized carbons (Fsp3) is 1.00. The number of halogens is 1. The van der Waals surface area contributed by atoms with Crippen molar-refractivity contribution in [3.63, 3.8) is 0 Å². The molecule has 0 aromatic rings. The van der Waals surface area contributed by atoms with Crippen LogP contribution in [0.1, 0.15) is 33.6 Å². The first-order valence-electron chi connectivity index (χ1n) is 3.37. The van der Waals surface area contributed by atoms with E-state index in [0.717, 1.165) is 0 Å². The van der Waals surface area contributed by atoms with E-state index < -0.39 is 0 Å². The van der Waals surface area contributed by atoms with Crippen molar-refractivity contribution in [1.82, 2.24) is 5.32 Å². The lowest BCUT2D eigenvalue weighted by atomic mass is 9.96. The molecule has 0 bridgehead atoms. The maximum atomic E-state index is 3.28. The van der Waals surface area contributed by atoms with Crippen molar-refractivity contribution < 1.29 is 0 Å². The summed E-state index contributed by atoms with van der Waals surface area (Å²) < 4.78 is 0. The summed E-state index contributed by atoms with van der Waals surface area (Å²) in [7, 11) is 2.02. The van der Waals surface area contributed by atoms with Gasteiger partial charge >= 0.3 is 0 Å². The van der Waals surface area contributed by atoms with Crippen LogP contribution in [0.15, 0.2) is 0 Å². The minimum Gasteiger partial charge on any atom is -0.315 e. The van der Waals surface area contributed by atoms with Crippen LogP contribution in [0.4, 0.5) is 0 Å². The van der Waals surface area contributed by atoms with Gasteiger partial charge < -0.3 is 5.32 Å². The Labute approximate surface area is 75.6 Å². The summed E-state index contributed by atoms with van der Waals surface area (Å²) in [4.78, 5) is 0. The van der Waals surface area contributed by atoms with E-state index in [0.29, 0.717) is 5.54 Å². The second-order valence-corrected chi connectivity index (χ2v) is 2.52. The van der Waals surface area contributed by atoms with Crippen LogP contribution in [0, 0.1) is 0 Å². The lowest BCUT2D eigenvalue weighted by molar-refractivity contribution is 0.359. The van der Waals surface area contributed by atoms with E-state index in [2.05, 4.69) is 26.1 Å². The molecule has 0 aliphatic heterocycles. The molecular weight excluding hydrogens is 225 g/mol. The Balaban J connectivity index is 0. The van der Waals surface area contributed by atoms with Crippen molar-refractivity contribution in [2.75, 3.05) is 7.05 Å². The number of rotatable bonds is 3. The fourth-order valence-corrected chi connectivity index (χ4v) is 0.604. The third kappa shape index (κ3) is 4.14. The standard InChI is InChI=1S/C7H17N.HI/c1-5-7(3,6-2)8-4;/h8H,5-6H2,1-4H3;1H. The largest absolute Gasteiger partial charge is 0.315 e. The van der Waals surface area contributed by atoms with Gasteiger partial charge in [0.2, 0.25) is 0 Å². The Kier molecular flexibility index (Phi) is 7.52. The molecule has 9 heavy (non-hydrogen) atoms. The van der Waals surface area contributed by atoms with Crippen LogP contribution in [0.5, 0.6) is 0 Å². The molecule has 0 saturated heterocycles. The SMILES string of the molecule is CCC(C)(CC)NC.I. The maximum Gasteiger partial charge on any atom is 0.0145 e. The number of hydrogen-bond acceptors (Lipinski definition) is 1. The van der Waals surface area contributed by atoms with Gasteiger partial charge in [-0.25, -0.2) is 0 Å². The van der Waals surface area contributed by atoms with Crippen LogP contribution in [0.3, 0.4) is 0 Å². The third-order valence-electron chi connectivity index (χ3n) is 2.16. The van der Waals surface area contributed by atoms with Gasteiger partial charge in [0.1, 0.15) is 0 Å². The predicted octanol–water partition coefficient (Wildman–Crippen LogP) is 2.40. The van der Waals surface area contributed by atoms with E-state index in [9.17, 15) is 0 Å². The van der Waals surface area contributed by atoms with Gasteiger partial charge in [-0.05, 0) is 26.8 Å². The zero-order valence-electron chi connectivity index (χ0n) is 6.82. The van der Waals surface area contributed by atoms with E-state index >= 15 is 0 Å². The van der Waals surface area contributed by atoms with Crippen molar-refractivity contribution in [3.05, 3.63) is 0 Å². The highest BCUT2D eigenvalue weighted by Gasteiger charge is 2.14. The topological polar surface area (TPSA) is 12.0 Å². The van der Waals surface area contributed by atoms with Gasteiger partial charge in [-0.1, -0.05) is 13.8 Å². The first-order chi connectivity index (χ1) is 3.68. The molecule has 0 atom stereocenters. The Bertz CT molecular complexity index is 51.7. The van der Waals surface area contributed by atoms with Crippen molar-refractivity contribution in [3.8, 4) is 0 Å². The normalized spacial score (nSPS) is 10.7. The molecule has 0 spiro atoms. The summed E-state index contributed by atoms with van der Waals surface area (Å²) in [5.74, 6) is 0. The van der Waals surface area contributed by atoms with E-state index in [-0.39, 0.29) is 24.0 Å². The first-order valence-corrected chi connectivity index (χ1v) is 3.37. The van der Waals surface area contributed by atoms with Gasteiger partial charge in [0, 0.05) is 5.54 Å². The molecule has 1 N–H and O–H groups in total. The molecule has 0 unspecified atom stereocenters. The molecule has 0 aromatic carbocycles. The zero-order chi connectivity index (χ0) is 6.62. The summed E-state index contributed by atoms with van der Waals surface area (Å²) in [6, 6.07) is 0. The van der Waals surface area contributed by atoms with Gasteiger partial charge in [-0.15, -0.1) is 24.0 Å². The number of nitrogens with one attached hydrogen (secondary N) is 1. The maximum absolute atomic E-state index is 3.28. The Hall–Kier alpha value is 0.690. The Morgan fingerprint density at radius 2 is 1.56 bits per heavy atom. The van der Waals surface area contributed by atoms with Crippen molar-refractivity contribution in [1.29, 1.82) is 0 Å². The van der Waals surface area contributed by atoms with Crippen LogP contribution in [-0.4, -0.2) is 12.6 Å². The van der Waals surface area contributed by atoms with Crippen LogP contribution >= 0.6 is 24.0 Å². The van der Waals surface area contributed by atoms with E-state index in [4.69, 9.17) is 0 Å². The zero-order valence-corrected chi connectivity index (χ0v) is 9.15. The Morgan fingerprint density at radius 3 is 1.56 bits per heavy atom. The molecule has 0 aromatic heterocycles. The fourth-order valence-electron chi connectivity index (χ4n) is 0.604. The summed E-state index contributed by atoms with van der Waals surface area (Å²) in [6.07, 6.45) is 2.42. The van der Waals surface area contributed by atoms with Crippen molar-refractivity contribution in [2.24, 2.45) is 0 Å². The van der Waals surface area contributed by atoms with Crippen LogP contribution in [0.2, 0.25) is 0 Å². The second-order valence-electron chi connectivity index (χ2n) is 2.52. The quantitative estimate of drug-likeness (QED) is 0.750. The first kappa shape index (κ1) is 12.4. The molecule has 58 valence electrons. The van der Waals surface area contributed by atoms with Gasteiger partial charge in [0.05, 0.1) is 0 Å². The molecule has 0 aliphatic rings. The Morgan fingerprint density at radius 1 is 1.22 bits per heavy atom. The van der Waals surface area contributed by atoms with Crippen molar-refractivity contribution >= 4 is 24.0 Å². The van der Waals surface area contributed by atoms with Gasteiger partial charge in [-0.3, -0.25) is 0 Å². The molecule has 2 heteroatoms. The highest BCUT2D eigenvalue weighted by molar-refractivity contribution is 14.0. The summed E-state index contributed by atoms with van der Waals surface area (Å²) >= 11 is 0. The van der Waals surface area contributed by atoms with Crippen LogP contribution < -0.4 is 5.32 Å². The molecule has 0 fully saturated rings. The molecule has 0 rings (SSSR count). The van der Waals surface area contributed by atoms with E-state index in [1.165, 1.54) is 12.8 Å². The summed E-state index contributed by atoms with van der Waals surface area (Å²) in [6.45, 7) is 6.66. The van der Waals surface area contributed by atoms with Gasteiger partial charge in [0.15, 0.2) is 0 Å². The van der Waals surface area contributed by atoms with E-state index in [1.54, 1.807) is 0 Å². The minimum absolute atomic E-state index is 0. The van der Waals surface area contributed by atoms with Gasteiger partial charge in [-0.2, -0.15) is 0 Å². The average Bonchev–Trinajstić information content (AvgIpc) is 1.87. The second kappa shape index (κ2) is 5.47. The molecule has 0 aliphatic carbocycles. The third-order valence-corrected chi connectivity index (χ3v) is 2.16. The van der Waals surface area contributed by atoms with Crippen LogP contribution in [0.25, 0.3) is 0 Å². The van der Waals surface area contributed by atoms with E-state index in [1.807, 2.05) is 7.05 Å². The highest BCUT2D eigenvalue weighted by atomic mass is 127. The molecular formula is C7H18IN. The lowest BCUT2D eigenvalue weighted by Crippen LogP contribution is -2.37. The smallest absolute Gasteiger partial charge is 0.0145 e. The minimum atomic E-state index is 0. The van der Waals surface area contributed by atoms with Crippen molar-refractivity contribution in [2.45, 2.75) is 39.2 Å². The molecule has 0 saturated carbocycles. The lowest BCUT2D eigenvalue weighted by Gasteiger charge is -2.25. The molecule has 0 amide bonds. The molecule has 0 heterocycles. The summed E-state index contributed by atoms with van der Waals surface area (Å²) in [5.41, 5.74) is 0.375. The monoisotopic (exact) mass is 243 g/mol. The predicted molar refractivity (Wildman–Crippen MR) is 53.5 cm³/mol.